The van der Waals surface area contributed by atoms with Crippen molar-refractivity contribution in [1.82, 2.24) is 24.9 Å². The molecule has 1 aliphatic heterocycles. The first-order valence-corrected chi connectivity index (χ1v) is 10.8. The first-order valence-electron chi connectivity index (χ1n) is 10.8. The zero-order chi connectivity index (χ0) is 22.5. The van der Waals surface area contributed by atoms with Crippen LogP contribution in [-0.2, 0) is 26.1 Å². The van der Waals surface area contributed by atoms with E-state index in [9.17, 15) is 9.18 Å². The molecule has 166 valence electrons. The van der Waals surface area contributed by atoms with Crippen LogP contribution in [0.5, 0.6) is 0 Å². The van der Waals surface area contributed by atoms with E-state index in [1.54, 1.807) is 24.1 Å². The Morgan fingerprint density at radius 1 is 1.25 bits per heavy atom. The minimum atomic E-state index is -0.296. The summed E-state index contributed by atoms with van der Waals surface area (Å²) in [4.78, 5) is 16.4. The number of hydrogen-bond acceptors (Lipinski definition) is 3. The highest BCUT2D eigenvalue weighted by Crippen LogP contribution is 2.27. The van der Waals surface area contributed by atoms with Crippen LogP contribution in [0.25, 0.3) is 5.69 Å². The number of benzene rings is 2. The molecular weight excluding hydrogens is 405 g/mol. The Bertz CT molecular complexity index is 1090. The van der Waals surface area contributed by atoms with Crippen molar-refractivity contribution >= 4 is 6.03 Å². The molecule has 1 N–H and O–H groups in total. The van der Waals surface area contributed by atoms with Crippen LogP contribution in [0, 0.1) is 5.82 Å². The molecule has 2 heterocycles. The lowest BCUT2D eigenvalue weighted by Gasteiger charge is -2.28. The molecular formula is C25H28FN5O. The molecule has 32 heavy (non-hydrogen) atoms. The van der Waals surface area contributed by atoms with Crippen LogP contribution >= 0.6 is 0 Å². The van der Waals surface area contributed by atoms with Gasteiger partial charge in [0.2, 0.25) is 0 Å². The van der Waals surface area contributed by atoms with E-state index in [0.29, 0.717) is 18.8 Å². The second-order valence-corrected chi connectivity index (χ2v) is 8.04. The zero-order valence-corrected chi connectivity index (χ0v) is 18.3. The van der Waals surface area contributed by atoms with Crippen molar-refractivity contribution in [2.24, 2.45) is 0 Å². The fraction of sp³-hybridized carbons (Fsp3) is 0.280. The third-order valence-electron chi connectivity index (χ3n) is 5.65. The topological polar surface area (TPSA) is 53.4 Å². The van der Waals surface area contributed by atoms with Gasteiger partial charge in [-0.1, -0.05) is 42.5 Å². The van der Waals surface area contributed by atoms with E-state index in [1.165, 1.54) is 17.7 Å². The number of carbonyl (C=O) groups is 1. The SMILES string of the molecule is C=CCNC(=O)N(C)Cc1nn(-c2cccc(F)c2)c2c1CN(Cc1ccccc1)CC2. The molecule has 1 aromatic heterocycles. The van der Waals surface area contributed by atoms with E-state index in [-0.39, 0.29) is 11.8 Å². The Labute approximate surface area is 188 Å². The van der Waals surface area contributed by atoms with Gasteiger partial charge in [0.15, 0.2) is 0 Å². The lowest BCUT2D eigenvalue weighted by Crippen LogP contribution is -2.37. The van der Waals surface area contributed by atoms with Crippen molar-refractivity contribution in [3.63, 3.8) is 0 Å². The lowest BCUT2D eigenvalue weighted by molar-refractivity contribution is 0.206. The Balaban J connectivity index is 1.63. The smallest absolute Gasteiger partial charge is 0.317 e. The number of hydrogen-bond donors (Lipinski definition) is 1. The minimum Gasteiger partial charge on any atom is -0.335 e. The van der Waals surface area contributed by atoms with E-state index < -0.39 is 0 Å². The summed E-state index contributed by atoms with van der Waals surface area (Å²) in [5, 5.41) is 7.62. The highest BCUT2D eigenvalue weighted by molar-refractivity contribution is 5.74. The molecule has 2 aromatic carbocycles. The van der Waals surface area contributed by atoms with Crippen molar-refractivity contribution < 1.29 is 9.18 Å². The van der Waals surface area contributed by atoms with Crippen molar-refractivity contribution in [3.8, 4) is 5.69 Å². The summed E-state index contributed by atoms with van der Waals surface area (Å²) in [5.74, 6) is -0.296. The second kappa shape index (κ2) is 9.78. The lowest BCUT2D eigenvalue weighted by atomic mass is 10.0. The third-order valence-corrected chi connectivity index (χ3v) is 5.65. The molecule has 0 aliphatic carbocycles. The zero-order valence-electron chi connectivity index (χ0n) is 18.3. The van der Waals surface area contributed by atoms with Crippen LogP contribution in [-0.4, -0.2) is 45.7 Å². The number of nitrogens with one attached hydrogen (secondary N) is 1. The number of aromatic nitrogens is 2. The molecule has 0 fully saturated rings. The van der Waals surface area contributed by atoms with Crippen LogP contribution in [0.2, 0.25) is 0 Å². The summed E-state index contributed by atoms with van der Waals surface area (Å²) in [5.41, 5.74) is 4.98. The quantitative estimate of drug-likeness (QED) is 0.575. The Hall–Kier alpha value is -3.45. The molecule has 0 radical (unpaired) electrons. The van der Waals surface area contributed by atoms with Crippen LogP contribution in [0.1, 0.15) is 22.5 Å². The van der Waals surface area contributed by atoms with Crippen molar-refractivity contribution in [3.05, 3.63) is 95.6 Å². The average molecular weight is 434 g/mol. The van der Waals surface area contributed by atoms with Gasteiger partial charge < -0.3 is 10.2 Å². The molecule has 0 bridgehead atoms. The van der Waals surface area contributed by atoms with Crippen molar-refractivity contribution in [2.75, 3.05) is 20.1 Å². The highest BCUT2D eigenvalue weighted by atomic mass is 19.1. The summed E-state index contributed by atoms with van der Waals surface area (Å²) in [6.45, 7) is 6.88. The van der Waals surface area contributed by atoms with Gasteiger partial charge in [0.05, 0.1) is 23.6 Å². The second-order valence-electron chi connectivity index (χ2n) is 8.04. The Morgan fingerprint density at radius 3 is 2.81 bits per heavy atom. The Kier molecular flexibility index (Phi) is 6.66. The molecule has 3 aromatic rings. The van der Waals surface area contributed by atoms with Gasteiger partial charge in [-0.25, -0.2) is 13.9 Å². The van der Waals surface area contributed by atoms with Crippen molar-refractivity contribution in [1.29, 1.82) is 0 Å². The van der Waals surface area contributed by atoms with E-state index in [1.807, 2.05) is 16.8 Å². The maximum atomic E-state index is 13.9. The largest absolute Gasteiger partial charge is 0.335 e. The van der Waals surface area contributed by atoms with Gasteiger partial charge in [-0.05, 0) is 23.8 Å². The summed E-state index contributed by atoms with van der Waals surface area (Å²) >= 11 is 0. The normalized spacial score (nSPS) is 13.4. The number of amides is 2. The fourth-order valence-electron chi connectivity index (χ4n) is 4.06. The molecule has 0 atom stereocenters. The summed E-state index contributed by atoms with van der Waals surface area (Å²) in [6.07, 6.45) is 2.45. The van der Waals surface area contributed by atoms with Gasteiger partial charge in [-0.2, -0.15) is 5.10 Å². The summed E-state index contributed by atoms with van der Waals surface area (Å²) in [7, 11) is 1.75. The van der Waals surface area contributed by atoms with Gasteiger partial charge in [0, 0.05) is 45.2 Å². The van der Waals surface area contributed by atoms with Crippen molar-refractivity contribution in [2.45, 2.75) is 26.1 Å². The predicted octanol–water partition coefficient (Wildman–Crippen LogP) is 3.90. The molecule has 7 heteroatoms. The van der Waals surface area contributed by atoms with Gasteiger partial charge in [-0.15, -0.1) is 6.58 Å². The first-order chi connectivity index (χ1) is 15.5. The molecule has 1 aliphatic rings. The number of carbonyl (C=O) groups excluding carboxylic acids is 1. The van der Waals surface area contributed by atoms with Crippen LogP contribution in [0.4, 0.5) is 9.18 Å². The monoisotopic (exact) mass is 433 g/mol. The van der Waals surface area contributed by atoms with Crippen LogP contribution in [0.15, 0.2) is 67.3 Å². The van der Waals surface area contributed by atoms with Gasteiger partial charge in [0.25, 0.3) is 0 Å². The fourth-order valence-corrected chi connectivity index (χ4v) is 4.06. The minimum absolute atomic E-state index is 0.184. The number of fused-ring (bicyclic) bond motifs is 1. The Morgan fingerprint density at radius 2 is 2.06 bits per heavy atom. The molecule has 0 unspecified atom stereocenters. The van der Waals surface area contributed by atoms with Crippen LogP contribution < -0.4 is 5.32 Å². The number of rotatable bonds is 7. The molecule has 6 nitrogen and oxygen atoms in total. The maximum Gasteiger partial charge on any atom is 0.317 e. The van der Waals surface area contributed by atoms with E-state index in [0.717, 1.165) is 43.0 Å². The van der Waals surface area contributed by atoms with E-state index in [4.69, 9.17) is 5.10 Å². The number of halogens is 1. The maximum absolute atomic E-state index is 13.9. The van der Waals surface area contributed by atoms with Gasteiger partial charge in [-0.3, -0.25) is 4.90 Å². The molecule has 2 amide bonds. The molecule has 4 rings (SSSR count). The average Bonchev–Trinajstić information content (AvgIpc) is 3.15. The molecule has 0 spiro atoms. The highest BCUT2D eigenvalue weighted by Gasteiger charge is 2.27. The molecule has 0 saturated carbocycles. The van der Waals surface area contributed by atoms with Gasteiger partial charge in [0.1, 0.15) is 5.82 Å². The summed E-state index contributed by atoms with van der Waals surface area (Å²) in [6, 6.07) is 16.7. The van der Waals surface area contributed by atoms with E-state index in [2.05, 4.69) is 41.1 Å². The first kappa shape index (κ1) is 21.8. The molecule has 0 saturated heterocycles. The van der Waals surface area contributed by atoms with E-state index >= 15 is 0 Å². The van der Waals surface area contributed by atoms with Gasteiger partial charge >= 0.3 is 6.03 Å². The standard InChI is InChI=1S/C25H28FN5O/c1-3-13-27-25(32)29(2)18-23-22-17-30(16-19-8-5-4-6-9-19)14-12-24(22)31(28-23)21-11-7-10-20(26)15-21/h3-11,15H,1,12-14,16-18H2,2H3,(H,27,32). The number of nitrogens with zero attached hydrogens (tertiary/aromatic N) is 4. The predicted molar refractivity (Wildman–Crippen MR) is 123 cm³/mol. The summed E-state index contributed by atoms with van der Waals surface area (Å²) < 4.78 is 15.7. The third kappa shape index (κ3) is 4.89. The van der Waals surface area contributed by atoms with Crippen LogP contribution in [0.3, 0.4) is 0 Å². The number of urea groups is 1.